The van der Waals surface area contributed by atoms with Gasteiger partial charge in [-0.15, -0.1) is 0 Å². The number of hydrogen-bond acceptors (Lipinski definition) is 3. The second-order valence-corrected chi connectivity index (χ2v) is 6.96. The molecule has 2 heterocycles. The third-order valence-electron chi connectivity index (χ3n) is 4.15. The normalized spacial score (nSPS) is 12.2. The molecule has 0 radical (unpaired) electrons. The van der Waals surface area contributed by atoms with Crippen molar-refractivity contribution in [3.8, 4) is 0 Å². The molecule has 1 unspecified atom stereocenters. The molecule has 2 aromatic heterocycles. The maximum Gasteiger partial charge on any atom is 0.250 e. The number of amides is 1. The molecule has 1 amide bonds. The van der Waals surface area contributed by atoms with E-state index in [1.165, 1.54) is 23.0 Å². The topological polar surface area (TPSA) is 64.7 Å². The number of aromatic nitrogens is 4. The van der Waals surface area contributed by atoms with Crippen LogP contribution in [0.25, 0.3) is 0 Å². The fraction of sp³-hybridized carbons (Fsp3) is 0.278. The van der Waals surface area contributed by atoms with E-state index in [1.54, 1.807) is 23.0 Å². The Hall–Kier alpha value is -2.38. The fourth-order valence-electron chi connectivity index (χ4n) is 2.73. The van der Waals surface area contributed by atoms with Gasteiger partial charge in [0.05, 0.1) is 17.8 Å². The molecule has 1 aromatic carbocycles. The van der Waals surface area contributed by atoms with E-state index in [1.807, 2.05) is 13.8 Å². The summed E-state index contributed by atoms with van der Waals surface area (Å²) in [6.45, 7) is 4.12. The average molecular weight is 410 g/mol. The summed E-state index contributed by atoms with van der Waals surface area (Å²) in [5, 5.41) is 12.1. The minimum Gasteiger partial charge on any atom is -0.307 e. The van der Waals surface area contributed by atoms with Gasteiger partial charge in [0.2, 0.25) is 5.91 Å². The first kappa shape index (κ1) is 19.4. The summed E-state index contributed by atoms with van der Waals surface area (Å²) >= 11 is 12.0. The predicted octanol–water partition coefficient (Wildman–Crippen LogP) is 4.47. The van der Waals surface area contributed by atoms with Gasteiger partial charge in [0.25, 0.3) is 0 Å². The highest BCUT2D eigenvalue weighted by molar-refractivity contribution is 6.31. The molecule has 0 fully saturated rings. The Kier molecular flexibility index (Phi) is 5.82. The van der Waals surface area contributed by atoms with E-state index >= 15 is 0 Å². The van der Waals surface area contributed by atoms with Crippen molar-refractivity contribution >= 4 is 34.9 Å². The molecule has 0 spiro atoms. The quantitative estimate of drug-likeness (QED) is 0.652. The molecule has 6 nitrogen and oxygen atoms in total. The molecule has 1 atom stereocenters. The zero-order chi connectivity index (χ0) is 19.6. The van der Waals surface area contributed by atoms with E-state index in [-0.39, 0.29) is 5.91 Å². The Labute approximate surface area is 165 Å². The molecular weight excluding hydrogens is 392 g/mol. The number of aryl methyl sites for hydroxylation is 1. The van der Waals surface area contributed by atoms with Gasteiger partial charge in [-0.1, -0.05) is 36.2 Å². The van der Waals surface area contributed by atoms with Gasteiger partial charge in [0, 0.05) is 23.0 Å². The highest BCUT2D eigenvalue weighted by Gasteiger charge is 2.21. The first-order chi connectivity index (χ1) is 12.9. The summed E-state index contributed by atoms with van der Waals surface area (Å²) in [5.41, 5.74) is 1.57. The molecule has 3 aromatic rings. The van der Waals surface area contributed by atoms with Crippen LogP contribution in [0.3, 0.4) is 0 Å². The van der Waals surface area contributed by atoms with Crippen LogP contribution in [-0.2, 0) is 11.3 Å². The van der Waals surface area contributed by atoms with Crippen LogP contribution >= 0.6 is 23.2 Å². The predicted molar refractivity (Wildman–Crippen MR) is 103 cm³/mol. The Morgan fingerprint density at radius 1 is 1.33 bits per heavy atom. The number of hydrogen-bond donors (Lipinski definition) is 1. The molecule has 1 N–H and O–H groups in total. The van der Waals surface area contributed by atoms with Crippen molar-refractivity contribution in [3.63, 3.8) is 0 Å². The molecule has 0 aliphatic carbocycles. The van der Waals surface area contributed by atoms with Gasteiger partial charge in [-0.25, -0.2) is 4.39 Å². The third kappa shape index (κ3) is 4.48. The average Bonchev–Trinajstić information content (AvgIpc) is 3.17. The summed E-state index contributed by atoms with van der Waals surface area (Å²) in [6.07, 6.45) is 3.65. The molecule has 0 aliphatic rings. The molecule has 0 saturated carbocycles. The third-order valence-corrected chi connectivity index (χ3v) is 4.69. The molecule has 142 valence electrons. The fourth-order valence-corrected chi connectivity index (χ4v) is 3.10. The van der Waals surface area contributed by atoms with Crippen LogP contribution in [0.1, 0.15) is 30.6 Å². The molecule has 27 heavy (non-hydrogen) atoms. The van der Waals surface area contributed by atoms with Crippen LogP contribution in [0.5, 0.6) is 0 Å². The maximum atomic E-state index is 13.2. The largest absolute Gasteiger partial charge is 0.307 e. The van der Waals surface area contributed by atoms with E-state index in [2.05, 4.69) is 15.5 Å². The maximum absolute atomic E-state index is 13.2. The van der Waals surface area contributed by atoms with Gasteiger partial charge in [0.15, 0.2) is 5.82 Å². The van der Waals surface area contributed by atoms with Gasteiger partial charge in [-0.2, -0.15) is 10.2 Å². The van der Waals surface area contributed by atoms with Crippen molar-refractivity contribution in [1.82, 2.24) is 19.6 Å². The number of anilines is 1. The van der Waals surface area contributed by atoms with E-state index < -0.39 is 11.9 Å². The van der Waals surface area contributed by atoms with E-state index in [0.717, 1.165) is 11.3 Å². The summed E-state index contributed by atoms with van der Waals surface area (Å²) in [7, 11) is 0. The number of carbonyl (C=O) groups excluding carboxylic acids is 1. The Balaban J connectivity index is 1.74. The lowest BCUT2D eigenvalue weighted by molar-refractivity contribution is -0.119. The van der Waals surface area contributed by atoms with E-state index in [4.69, 9.17) is 23.2 Å². The monoisotopic (exact) mass is 409 g/mol. The zero-order valence-electron chi connectivity index (χ0n) is 14.8. The van der Waals surface area contributed by atoms with Gasteiger partial charge < -0.3 is 5.32 Å². The molecule has 0 saturated heterocycles. The van der Waals surface area contributed by atoms with Crippen LogP contribution in [-0.4, -0.2) is 25.5 Å². The minimum atomic E-state index is -0.491. The molecular formula is C18H18Cl2FN5O. The standard InChI is InChI=1S/C18H18Cl2FN5O/c1-3-16(26-10-13(19)8-22-26)18(27)23-17-6-11(2)25(24-17)9-12-4-5-14(21)7-15(12)20/h4-8,10,16H,3,9H2,1-2H3,(H,23,24,27). The first-order valence-corrected chi connectivity index (χ1v) is 9.12. The van der Waals surface area contributed by atoms with Crippen molar-refractivity contribution in [1.29, 1.82) is 0 Å². The zero-order valence-corrected chi connectivity index (χ0v) is 16.3. The van der Waals surface area contributed by atoms with E-state index in [0.29, 0.717) is 28.8 Å². The lowest BCUT2D eigenvalue weighted by atomic mass is 10.2. The molecule has 0 aliphatic heterocycles. The van der Waals surface area contributed by atoms with Crippen LogP contribution < -0.4 is 5.32 Å². The van der Waals surface area contributed by atoms with Crippen molar-refractivity contribution in [2.75, 3.05) is 5.32 Å². The summed E-state index contributed by atoms with van der Waals surface area (Å²) < 4.78 is 16.4. The summed E-state index contributed by atoms with van der Waals surface area (Å²) in [6, 6.07) is 5.50. The van der Waals surface area contributed by atoms with E-state index in [9.17, 15) is 9.18 Å². The molecule has 9 heteroatoms. The van der Waals surface area contributed by atoms with Crippen molar-refractivity contribution in [3.05, 3.63) is 63.8 Å². The lowest BCUT2D eigenvalue weighted by Gasteiger charge is -2.14. The summed E-state index contributed by atoms with van der Waals surface area (Å²) in [4.78, 5) is 12.6. The van der Waals surface area contributed by atoms with Crippen LogP contribution in [0.2, 0.25) is 10.0 Å². The smallest absolute Gasteiger partial charge is 0.250 e. The second-order valence-electron chi connectivity index (χ2n) is 6.12. The molecule has 3 rings (SSSR count). The number of carbonyl (C=O) groups is 1. The second kappa shape index (κ2) is 8.10. The van der Waals surface area contributed by atoms with Crippen LogP contribution in [0.15, 0.2) is 36.7 Å². The Bertz CT molecular complexity index is 969. The number of rotatable bonds is 6. The number of benzene rings is 1. The number of halogens is 3. The van der Waals surface area contributed by atoms with Gasteiger partial charge >= 0.3 is 0 Å². The highest BCUT2D eigenvalue weighted by Crippen LogP contribution is 2.21. The SMILES string of the molecule is CCC(C(=O)Nc1cc(C)n(Cc2ccc(F)cc2Cl)n1)n1cc(Cl)cn1. The van der Waals surface area contributed by atoms with Crippen molar-refractivity contribution in [2.24, 2.45) is 0 Å². The minimum absolute atomic E-state index is 0.235. The van der Waals surface area contributed by atoms with Crippen molar-refractivity contribution in [2.45, 2.75) is 32.9 Å². The van der Waals surface area contributed by atoms with Gasteiger partial charge in [-0.3, -0.25) is 14.2 Å². The van der Waals surface area contributed by atoms with Crippen LogP contribution in [0.4, 0.5) is 10.2 Å². The summed E-state index contributed by atoms with van der Waals surface area (Å²) in [5.74, 6) is -0.201. The Morgan fingerprint density at radius 2 is 2.11 bits per heavy atom. The van der Waals surface area contributed by atoms with Crippen molar-refractivity contribution < 1.29 is 9.18 Å². The first-order valence-electron chi connectivity index (χ1n) is 8.36. The molecule has 0 bridgehead atoms. The highest BCUT2D eigenvalue weighted by atomic mass is 35.5. The lowest BCUT2D eigenvalue weighted by Crippen LogP contribution is -2.26. The van der Waals surface area contributed by atoms with Gasteiger partial charge in [-0.05, 0) is 31.0 Å². The van der Waals surface area contributed by atoms with Crippen LogP contribution in [0, 0.1) is 12.7 Å². The Morgan fingerprint density at radius 3 is 2.74 bits per heavy atom. The number of nitrogens with zero attached hydrogens (tertiary/aromatic N) is 4. The number of nitrogens with one attached hydrogen (secondary N) is 1. The van der Waals surface area contributed by atoms with Gasteiger partial charge in [0.1, 0.15) is 11.9 Å².